The third-order valence-corrected chi connectivity index (χ3v) is 4.26. The Kier molecular flexibility index (Phi) is 5.13. The second-order valence-corrected chi connectivity index (χ2v) is 7.40. The van der Waals surface area contributed by atoms with Gasteiger partial charge in [-0.1, -0.05) is 20.8 Å². The molecule has 134 valence electrons. The lowest BCUT2D eigenvalue weighted by atomic mass is 9.92. The highest BCUT2D eigenvalue weighted by Crippen LogP contribution is 2.24. The Morgan fingerprint density at radius 2 is 2.08 bits per heavy atom. The fourth-order valence-electron chi connectivity index (χ4n) is 2.66. The smallest absolute Gasteiger partial charge is 0.272 e. The van der Waals surface area contributed by atoms with Crippen LogP contribution in [0.4, 0.5) is 0 Å². The third-order valence-electron chi connectivity index (χ3n) is 4.26. The fraction of sp³-hybridized carbons (Fsp3) is 0.556. The molecule has 1 saturated heterocycles. The molecule has 1 unspecified atom stereocenters. The number of H-pyrrole nitrogens is 1. The minimum Gasteiger partial charge on any atom is -0.370 e. The minimum absolute atomic E-state index is 0.00253. The second kappa shape index (κ2) is 7.31. The molecule has 0 radical (unpaired) electrons. The van der Waals surface area contributed by atoms with Gasteiger partial charge in [-0.15, -0.1) is 0 Å². The normalized spacial score (nSPS) is 18.1. The molecule has 0 spiro atoms. The molecule has 0 aliphatic carbocycles. The van der Waals surface area contributed by atoms with Gasteiger partial charge < -0.3 is 10.1 Å². The van der Waals surface area contributed by atoms with Crippen LogP contribution in [0.15, 0.2) is 18.5 Å². The van der Waals surface area contributed by atoms with Crippen LogP contribution in [-0.2, 0) is 16.7 Å². The van der Waals surface area contributed by atoms with Crippen LogP contribution in [0.3, 0.4) is 0 Å². The average Bonchev–Trinajstić information content (AvgIpc) is 3.11. The maximum Gasteiger partial charge on any atom is 0.272 e. The summed E-state index contributed by atoms with van der Waals surface area (Å²) >= 11 is 0. The van der Waals surface area contributed by atoms with E-state index in [2.05, 4.69) is 46.3 Å². The van der Waals surface area contributed by atoms with Gasteiger partial charge in [-0.25, -0.2) is 9.97 Å². The molecule has 1 atom stereocenters. The molecular weight excluding hydrogens is 318 g/mol. The van der Waals surface area contributed by atoms with Crippen LogP contribution in [0.25, 0.3) is 0 Å². The number of nitrogens with one attached hydrogen (secondary N) is 2. The summed E-state index contributed by atoms with van der Waals surface area (Å²) in [6.45, 7) is 7.33. The molecule has 1 fully saturated rings. The molecule has 7 heteroatoms. The monoisotopic (exact) mass is 343 g/mol. The minimum atomic E-state index is -0.216. The molecule has 0 bridgehead atoms. The second-order valence-electron chi connectivity index (χ2n) is 7.40. The summed E-state index contributed by atoms with van der Waals surface area (Å²) < 4.78 is 5.68. The maximum atomic E-state index is 12.2. The van der Waals surface area contributed by atoms with E-state index in [9.17, 15) is 4.79 Å². The standard InChI is InChI=1S/C18H25N5O2/c1-18(2,3)15-8-13(22-23-15)17(24)21-11-12-9-19-16(20-10-12)14-6-4-5-7-25-14/h8-10,14H,4-7,11H2,1-3H3,(H,21,24)(H,22,23). The van der Waals surface area contributed by atoms with Crippen molar-refractivity contribution in [2.75, 3.05) is 6.61 Å². The van der Waals surface area contributed by atoms with Gasteiger partial charge in [0.15, 0.2) is 5.82 Å². The van der Waals surface area contributed by atoms with E-state index in [4.69, 9.17) is 4.74 Å². The Labute approximate surface area is 147 Å². The van der Waals surface area contributed by atoms with Crippen LogP contribution in [-0.4, -0.2) is 32.7 Å². The van der Waals surface area contributed by atoms with Crippen molar-refractivity contribution in [2.24, 2.45) is 0 Å². The van der Waals surface area contributed by atoms with E-state index in [1.54, 1.807) is 18.5 Å². The number of carbonyl (C=O) groups excluding carboxylic acids is 1. The highest BCUT2D eigenvalue weighted by atomic mass is 16.5. The zero-order chi connectivity index (χ0) is 17.9. The van der Waals surface area contributed by atoms with Gasteiger partial charge in [-0.2, -0.15) is 5.10 Å². The largest absolute Gasteiger partial charge is 0.370 e. The lowest BCUT2D eigenvalue weighted by Gasteiger charge is -2.21. The Morgan fingerprint density at radius 1 is 1.32 bits per heavy atom. The van der Waals surface area contributed by atoms with Gasteiger partial charge in [-0.3, -0.25) is 9.89 Å². The summed E-state index contributed by atoms with van der Waals surface area (Å²) in [6, 6.07) is 1.79. The van der Waals surface area contributed by atoms with E-state index in [0.29, 0.717) is 12.2 Å². The van der Waals surface area contributed by atoms with Crippen LogP contribution >= 0.6 is 0 Å². The predicted molar refractivity (Wildman–Crippen MR) is 93.0 cm³/mol. The van der Waals surface area contributed by atoms with Gasteiger partial charge in [0.25, 0.3) is 5.91 Å². The number of amides is 1. The first-order valence-electron chi connectivity index (χ1n) is 8.70. The van der Waals surface area contributed by atoms with E-state index >= 15 is 0 Å². The van der Waals surface area contributed by atoms with Gasteiger partial charge in [0.2, 0.25) is 0 Å². The summed E-state index contributed by atoms with van der Waals surface area (Å²) in [5.74, 6) is 0.503. The highest BCUT2D eigenvalue weighted by molar-refractivity contribution is 5.92. The Hall–Kier alpha value is -2.28. The van der Waals surface area contributed by atoms with Crippen LogP contribution < -0.4 is 5.32 Å². The number of ether oxygens (including phenoxy) is 1. The van der Waals surface area contributed by atoms with Crippen molar-refractivity contribution in [3.8, 4) is 0 Å². The van der Waals surface area contributed by atoms with Crippen molar-refractivity contribution in [3.63, 3.8) is 0 Å². The summed E-state index contributed by atoms with van der Waals surface area (Å²) in [5, 5.41) is 9.85. The van der Waals surface area contributed by atoms with Gasteiger partial charge in [-0.05, 0) is 25.3 Å². The molecule has 1 aliphatic rings. The first-order chi connectivity index (χ1) is 11.9. The van der Waals surface area contributed by atoms with Crippen molar-refractivity contribution in [1.29, 1.82) is 0 Å². The molecule has 1 amide bonds. The van der Waals surface area contributed by atoms with E-state index in [-0.39, 0.29) is 17.4 Å². The third kappa shape index (κ3) is 4.42. The van der Waals surface area contributed by atoms with E-state index in [1.165, 1.54) is 0 Å². The number of aromatic nitrogens is 4. The van der Waals surface area contributed by atoms with Crippen molar-refractivity contribution < 1.29 is 9.53 Å². The molecule has 1 aliphatic heterocycles. The molecule has 2 aromatic rings. The topological polar surface area (TPSA) is 92.8 Å². The number of hydrogen-bond acceptors (Lipinski definition) is 5. The van der Waals surface area contributed by atoms with Crippen LogP contribution in [0, 0.1) is 0 Å². The molecule has 3 rings (SSSR count). The zero-order valence-electron chi connectivity index (χ0n) is 15.0. The van der Waals surface area contributed by atoms with E-state index < -0.39 is 0 Å². The summed E-state index contributed by atoms with van der Waals surface area (Å²) in [6.07, 6.45) is 6.69. The SMILES string of the molecule is CC(C)(C)c1cc(C(=O)NCc2cnc(C3CCCCO3)nc2)n[nH]1. The van der Waals surface area contributed by atoms with Crippen LogP contribution in [0.5, 0.6) is 0 Å². The van der Waals surface area contributed by atoms with Crippen molar-refractivity contribution >= 4 is 5.91 Å². The average molecular weight is 343 g/mol. The lowest BCUT2D eigenvalue weighted by molar-refractivity contribution is 0.00940. The Bertz CT molecular complexity index is 712. The summed E-state index contributed by atoms with van der Waals surface area (Å²) in [5.41, 5.74) is 2.09. The molecule has 7 nitrogen and oxygen atoms in total. The van der Waals surface area contributed by atoms with Gasteiger partial charge in [0, 0.05) is 42.2 Å². The van der Waals surface area contributed by atoms with Gasteiger partial charge >= 0.3 is 0 Å². The molecule has 2 aromatic heterocycles. The Morgan fingerprint density at radius 3 is 2.68 bits per heavy atom. The molecule has 0 aromatic carbocycles. The van der Waals surface area contributed by atoms with Crippen LogP contribution in [0.1, 0.15) is 73.7 Å². The number of hydrogen-bond donors (Lipinski definition) is 2. The lowest BCUT2D eigenvalue weighted by Crippen LogP contribution is -2.23. The number of nitrogens with zero attached hydrogens (tertiary/aromatic N) is 3. The zero-order valence-corrected chi connectivity index (χ0v) is 15.0. The molecular formula is C18H25N5O2. The Balaban J connectivity index is 1.56. The van der Waals surface area contributed by atoms with Gasteiger partial charge in [0.1, 0.15) is 11.8 Å². The van der Waals surface area contributed by atoms with E-state index in [0.717, 1.165) is 43.0 Å². The number of aromatic amines is 1. The number of rotatable bonds is 4. The molecule has 25 heavy (non-hydrogen) atoms. The first-order valence-corrected chi connectivity index (χ1v) is 8.70. The number of carbonyl (C=O) groups is 1. The van der Waals surface area contributed by atoms with Crippen molar-refractivity contribution in [1.82, 2.24) is 25.5 Å². The van der Waals surface area contributed by atoms with Crippen LogP contribution in [0.2, 0.25) is 0 Å². The van der Waals surface area contributed by atoms with Crippen molar-refractivity contribution in [3.05, 3.63) is 41.2 Å². The fourth-order valence-corrected chi connectivity index (χ4v) is 2.66. The molecule has 2 N–H and O–H groups in total. The van der Waals surface area contributed by atoms with E-state index in [1.807, 2.05) is 0 Å². The maximum absolute atomic E-state index is 12.2. The summed E-state index contributed by atoms with van der Waals surface area (Å²) in [4.78, 5) is 21.0. The molecule has 3 heterocycles. The van der Waals surface area contributed by atoms with Gasteiger partial charge in [0.05, 0.1) is 0 Å². The van der Waals surface area contributed by atoms with Crippen molar-refractivity contribution in [2.45, 2.75) is 58.1 Å². The summed E-state index contributed by atoms with van der Waals surface area (Å²) in [7, 11) is 0. The molecule has 0 saturated carbocycles. The quantitative estimate of drug-likeness (QED) is 0.890. The highest BCUT2D eigenvalue weighted by Gasteiger charge is 2.20. The predicted octanol–water partition coefficient (Wildman–Crippen LogP) is 2.67. The first kappa shape index (κ1) is 17.5.